The number of benzene rings is 2. The van der Waals surface area contributed by atoms with Crippen molar-refractivity contribution in [2.24, 2.45) is 0 Å². The van der Waals surface area contributed by atoms with Gasteiger partial charge in [0.05, 0.1) is 20.3 Å². The summed E-state index contributed by atoms with van der Waals surface area (Å²) in [6.07, 6.45) is 0.855. The molecule has 8 nitrogen and oxygen atoms in total. The largest absolute Gasteiger partial charge is 0.497 e. The van der Waals surface area contributed by atoms with Crippen molar-refractivity contribution in [3.8, 4) is 11.5 Å². The lowest BCUT2D eigenvalue weighted by atomic mass is 9.78. The van der Waals surface area contributed by atoms with Crippen LogP contribution in [0.1, 0.15) is 35.9 Å². The molecule has 3 aromatic rings. The first-order valence-electron chi connectivity index (χ1n) is 10.2. The highest BCUT2D eigenvalue weighted by atomic mass is 19.1. The summed E-state index contributed by atoms with van der Waals surface area (Å²) >= 11 is 0. The number of halogens is 1. The number of carbonyl (C=O) groups is 1. The van der Waals surface area contributed by atoms with Crippen LogP contribution in [0.5, 0.6) is 11.5 Å². The molecule has 2 atom stereocenters. The van der Waals surface area contributed by atoms with E-state index in [1.165, 1.54) is 12.1 Å². The fourth-order valence-corrected chi connectivity index (χ4v) is 4.36. The third kappa shape index (κ3) is 3.45. The molecule has 32 heavy (non-hydrogen) atoms. The Labute approximate surface area is 183 Å². The van der Waals surface area contributed by atoms with Crippen molar-refractivity contribution in [1.29, 1.82) is 0 Å². The van der Waals surface area contributed by atoms with Gasteiger partial charge in [-0.05, 0) is 52.5 Å². The van der Waals surface area contributed by atoms with E-state index >= 15 is 0 Å². The van der Waals surface area contributed by atoms with Crippen LogP contribution in [0.4, 0.5) is 16.0 Å². The summed E-state index contributed by atoms with van der Waals surface area (Å²) in [5, 5.41) is 14.4. The van der Waals surface area contributed by atoms with E-state index < -0.39 is 6.04 Å². The number of aromatic nitrogens is 2. The van der Waals surface area contributed by atoms with Crippen molar-refractivity contribution in [2.45, 2.75) is 24.8 Å². The van der Waals surface area contributed by atoms with E-state index in [0.717, 1.165) is 16.8 Å². The van der Waals surface area contributed by atoms with Crippen molar-refractivity contribution < 1.29 is 23.3 Å². The number of anilines is 2. The molecule has 1 aliphatic carbocycles. The molecule has 1 aliphatic heterocycles. The van der Waals surface area contributed by atoms with E-state index in [2.05, 4.69) is 20.9 Å². The predicted octanol–water partition coefficient (Wildman–Crippen LogP) is 4.21. The summed E-state index contributed by atoms with van der Waals surface area (Å²) in [5.41, 5.74) is 2.97. The van der Waals surface area contributed by atoms with Crippen LogP contribution in [-0.4, -0.2) is 30.3 Å². The lowest BCUT2D eigenvalue weighted by Crippen LogP contribution is -2.27. The third-order valence-corrected chi connectivity index (χ3v) is 5.93. The van der Waals surface area contributed by atoms with Crippen molar-refractivity contribution in [3.05, 3.63) is 70.7 Å². The predicted molar refractivity (Wildman–Crippen MR) is 114 cm³/mol. The Morgan fingerprint density at radius 2 is 1.81 bits per heavy atom. The molecule has 9 heteroatoms. The Bertz CT molecular complexity index is 1200. The van der Waals surface area contributed by atoms with E-state index in [0.29, 0.717) is 41.5 Å². The maximum Gasteiger partial charge on any atom is 0.219 e. The summed E-state index contributed by atoms with van der Waals surface area (Å²) in [6.45, 7) is 0. The summed E-state index contributed by atoms with van der Waals surface area (Å²) in [5.74, 6) is 1.59. The Hall–Kier alpha value is -3.88. The lowest BCUT2D eigenvalue weighted by Gasteiger charge is -2.30. The standard InChI is InChI=1S/C23H21FN4O4/c1-30-15-7-8-16(19(11-15)31-2)21-20-17(25-22-23(26-21)28-32-27-22)9-13(10-18(20)29)12-3-5-14(24)6-4-12/h3-8,11,13,21H,9-10H2,1-2H3,(H,25,27)(H,26,28). The molecule has 2 aliphatic rings. The first kappa shape index (κ1) is 20.0. The van der Waals surface area contributed by atoms with Crippen molar-refractivity contribution >= 4 is 17.4 Å². The van der Waals surface area contributed by atoms with Gasteiger partial charge in [-0.2, -0.15) is 0 Å². The molecule has 0 radical (unpaired) electrons. The second-order valence-corrected chi connectivity index (χ2v) is 7.74. The zero-order chi connectivity index (χ0) is 22.2. The highest BCUT2D eigenvalue weighted by Gasteiger charge is 2.38. The van der Waals surface area contributed by atoms with Crippen molar-refractivity contribution in [1.82, 2.24) is 10.3 Å². The molecule has 0 saturated heterocycles. The molecule has 2 N–H and O–H groups in total. The molecule has 0 spiro atoms. The quantitative estimate of drug-likeness (QED) is 0.628. The molecule has 164 valence electrons. The lowest BCUT2D eigenvalue weighted by molar-refractivity contribution is -0.116. The SMILES string of the molecule is COc1ccc(C2Nc3nonc3NC3=C2C(=O)CC(c2ccc(F)cc2)C3)c(OC)c1. The number of allylic oxidation sites excluding steroid dienone is 1. The van der Waals surface area contributed by atoms with E-state index in [4.69, 9.17) is 14.1 Å². The number of rotatable bonds is 4. The number of ketones is 1. The van der Waals surface area contributed by atoms with E-state index in [1.54, 1.807) is 32.4 Å². The maximum atomic E-state index is 13.5. The van der Waals surface area contributed by atoms with Gasteiger partial charge in [-0.3, -0.25) is 4.79 Å². The molecule has 0 fully saturated rings. The van der Waals surface area contributed by atoms with Gasteiger partial charge in [0.15, 0.2) is 5.78 Å². The average molecular weight is 436 g/mol. The van der Waals surface area contributed by atoms with E-state index in [1.807, 2.05) is 12.1 Å². The molecule has 0 bridgehead atoms. The van der Waals surface area contributed by atoms with Gasteiger partial charge in [-0.25, -0.2) is 9.02 Å². The molecule has 2 aromatic carbocycles. The average Bonchev–Trinajstić information content (AvgIpc) is 3.17. The Morgan fingerprint density at radius 1 is 1.03 bits per heavy atom. The number of ether oxygens (including phenoxy) is 2. The van der Waals surface area contributed by atoms with Crippen molar-refractivity contribution in [3.63, 3.8) is 0 Å². The fraction of sp³-hybridized carbons (Fsp3) is 0.261. The van der Waals surface area contributed by atoms with Crippen LogP contribution < -0.4 is 20.1 Å². The minimum Gasteiger partial charge on any atom is -0.497 e. The first-order chi connectivity index (χ1) is 15.6. The zero-order valence-electron chi connectivity index (χ0n) is 17.5. The topological polar surface area (TPSA) is 98.5 Å². The monoisotopic (exact) mass is 436 g/mol. The minimum absolute atomic E-state index is 0.0227. The van der Waals surface area contributed by atoms with Crippen LogP contribution in [-0.2, 0) is 4.79 Å². The molecular weight excluding hydrogens is 415 g/mol. The minimum atomic E-state index is -0.534. The summed E-state index contributed by atoms with van der Waals surface area (Å²) in [7, 11) is 3.15. The number of carbonyl (C=O) groups excluding carboxylic acids is 1. The summed E-state index contributed by atoms with van der Waals surface area (Å²) in [4.78, 5) is 13.5. The number of Topliss-reactive ketones (excluding diaryl/α,β-unsaturated/α-hetero) is 1. The van der Waals surface area contributed by atoms with Crippen LogP contribution in [0.3, 0.4) is 0 Å². The van der Waals surface area contributed by atoms with Crippen molar-refractivity contribution in [2.75, 3.05) is 24.9 Å². The highest BCUT2D eigenvalue weighted by molar-refractivity contribution is 6.01. The molecule has 0 amide bonds. The highest BCUT2D eigenvalue weighted by Crippen LogP contribution is 2.45. The second kappa shape index (κ2) is 7.99. The molecular formula is C23H21FN4O4. The fourth-order valence-electron chi connectivity index (χ4n) is 4.36. The maximum absolute atomic E-state index is 13.5. The summed E-state index contributed by atoms with van der Waals surface area (Å²) in [6, 6.07) is 11.2. The number of methoxy groups -OCH3 is 2. The molecule has 1 aromatic heterocycles. The Kier molecular flexibility index (Phi) is 5.01. The molecule has 2 unspecified atom stereocenters. The van der Waals surface area contributed by atoms with Gasteiger partial charge in [0.2, 0.25) is 11.6 Å². The van der Waals surface area contributed by atoms with Gasteiger partial charge in [0, 0.05) is 29.3 Å². The van der Waals surface area contributed by atoms with Crippen LogP contribution in [0.2, 0.25) is 0 Å². The summed E-state index contributed by atoms with van der Waals surface area (Å²) < 4.78 is 29.2. The van der Waals surface area contributed by atoms with E-state index in [-0.39, 0.29) is 17.5 Å². The molecule has 5 rings (SSSR count). The van der Waals surface area contributed by atoms with E-state index in [9.17, 15) is 9.18 Å². The normalized spacial score (nSPS) is 19.9. The van der Waals surface area contributed by atoms with Crippen LogP contribution in [0.15, 0.2) is 58.4 Å². The first-order valence-corrected chi connectivity index (χ1v) is 10.2. The number of nitrogens with one attached hydrogen (secondary N) is 2. The van der Waals surface area contributed by atoms with Crippen LogP contribution >= 0.6 is 0 Å². The van der Waals surface area contributed by atoms with Gasteiger partial charge in [0.25, 0.3) is 0 Å². The second-order valence-electron chi connectivity index (χ2n) is 7.74. The third-order valence-electron chi connectivity index (χ3n) is 5.93. The number of nitrogens with zero attached hydrogens (tertiary/aromatic N) is 2. The zero-order valence-corrected chi connectivity index (χ0v) is 17.5. The molecule has 2 heterocycles. The Morgan fingerprint density at radius 3 is 2.56 bits per heavy atom. The number of hydrogen-bond donors (Lipinski definition) is 2. The van der Waals surface area contributed by atoms with Gasteiger partial charge in [0.1, 0.15) is 17.3 Å². The Balaban J connectivity index is 1.61. The van der Waals surface area contributed by atoms with Crippen LogP contribution in [0.25, 0.3) is 0 Å². The number of hydrogen-bond acceptors (Lipinski definition) is 8. The number of fused-ring (bicyclic) bond motifs is 1. The van der Waals surface area contributed by atoms with Gasteiger partial charge in [-0.15, -0.1) is 0 Å². The smallest absolute Gasteiger partial charge is 0.219 e. The van der Waals surface area contributed by atoms with Crippen LogP contribution in [0, 0.1) is 5.82 Å². The molecule has 0 saturated carbocycles. The van der Waals surface area contributed by atoms with Gasteiger partial charge in [-0.1, -0.05) is 12.1 Å². The van der Waals surface area contributed by atoms with Gasteiger partial charge >= 0.3 is 0 Å². The van der Waals surface area contributed by atoms with Gasteiger partial charge < -0.3 is 20.1 Å².